The molecule has 0 amide bonds. The fraction of sp³-hybridized carbons (Fsp3) is 0.455. The monoisotopic (exact) mass is 246 g/mol. The average Bonchev–Trinajstić information content (AvgIpc) is 2.50. The van der Waals surface area contributed by atoms with E-state index in [1.165, 1.54) is 6.08 Å². The van der Waals surface area contributed by atoms with Crippen LogP contribution < -0.4 is 5.73 Å². The third-order valence-electron chi connectivity index (χ3n) is 2.49. The second-order valence-electron chi connectivity index (χ2n) is 3.84. The van der Waals surface area contributed by atoms with Gasteiger partial charge in [-0.1, -0.05) is 13.0 Å². The molecular formula is C11H13F3N2O. The Morgan fingerprint density at radius 1 is 1.65 bits per heavy atom. The Labute approximate surface area is 96.9 Å². The van der Waals surface area contributed by atoms with Crippen molar-refractivity contribution in [2.24, 2.45) is 16.6 Å². The Morgan fingerprint density at radius 2 is 2.24 bits per heavy atom. The quantitative estimate of drug-likeness (QED) is 0.757. The molecule has 1 rings (SSSR count). The highest BCUT2D eigenvalue weighted by Crippen LogP contribution is 2.32. The van der Waals surface area contributed by atoms with Crippen LogP contribution in [0.5, 0.6) is 0 Å². The maximum Gasteiger partial charge on any atom is 0.431 e. The van der Waals surface area contributed by atoms with Gasteiger partial charge in [-0.05, 0) is 6.42 Å². The number of aliphatic imine (C=N–C) groups is 1. The summed E-state index contributed by atoms with van der Waals surface area (Å²) in [7, 11) is 0. The number of carbonyl (C=O) groups is 1. The first-order valence-corrected chi connectivity index (χ1v) is 5.04. The minimum Gasteiger partial charge on any atom is -0.394 e. The molecule has 0 aromatic rings. The van der Waals surface area contributed by atoms with E-state index in [4.69, 9.17) is 5.73 Å². The van der Waals surface area contributed by atoms with Gasteiger partial charge in [0.25, 0.3) is 0 Å². The zero-order chi connectivity index (χ0) is 13.2. The molecular weight excluding hydrogens is 233 g/mol. The number of nitrogens with two attached hydrogens (primary N) is 1. The molecule has 0 heterocycles. The van der Waals surface area contributed by atoms with E-state index < -0.39 is 23.6 Å². The molecule has 3 nitrogen and oxygen atoms in total. The molecule has 0 bridgehead atoms. The predicted octanol–water partition coefficient (Wildman–Crippen LogP) is 2.00. The number of ketones is 1. The molecule has 0 spiro atoms. The summed E-state index contributed by atoms with van der Waals surface area (Å²) in [4.78, 5) is 15.4. The topological polar surface area (TPSA) is 55.5 Å². The number of Topliss-reactive ketones (excluding diaryl/α,β-unsaturated/α-hetero) is 1. The van der Waals surface area contributed by atoms with Gasteiger partial charge in [0, 0.05) is 11.5 Å². The first-order chi connectivity index (χ1) is 7.79. The Kier molecular flexibility index (Phi) is 3.75. The third kappa shape index (κ3) is 2.75. The molecule has 6 heteroatoms. The van der Waals surface area contributed by atoms with Crippen molar-refractivity contribution in [1.82, 2.24) is 0 Å². The van der Waals surface area contributed by atoms with Crippen LogP contribution in [0.4, 0.5) is 13.2 Å². The molecule has 0 aromatic heterocycles. The van der Waals surface area contributed by atoms with Gasteiger partial charge < -0.3 is 5.73 Å². The first kappa shape index (κ1) is 13.5. The zero-order valence-electron chi connectivity index (χ0n) is 9.34. The molecule has 1 fully saturated rings. The standard InChI is InChI=1S/C11H13F3N2O/c1-3-4-16-8-7(5-6(2)9(8)17)10(15)11(12,13)14/h3,6H,1,4-5,15H2,2H3. The van der Waals surface area contributed by atoms with Gasteiger partial charge in [0.05, 0.1) is 6.54 Å². The number of hydrogen-bond donors (Lipinski definition) is 1. The van der Waals surface area contributed by atoms with E-state index >= 15 is 0 Å². The number of halogens is 3. The van der Waals surface area contributed by atoms with Crippen molar-refractivity contribution in [3.63, 3.8) is 0 Å². The predicted molar refractivity (Wildman–Crippen MR) is 58.6 cm³/mol. The zero-order valence-corrected chi connectivity index (χ0v) is 9.34. The lowest BCUT2D eigenvalue weighted by atomic mass is 10.1. The average molecular weight is 246 g/mol. The second kappa shape index (κ2) is 4.73. The minimum absolute atomic E-state index is 0.0137. The van der Waals surface area contributed by atoms with Crippen LogP contribution >= 0.6 is 0 Å². The van der Waals surface area contributed by atoms with Crippen molar-refractivity contribution in [3.05, 3.63) is 23.9 Å². The largest absolute Gasteiger partial charge is 0.431 e. The number of hydrogen-bond acceptors (Lipinski definition) is 3. The number of alkyl halides is 3. The first-order valence-electron chi connectivity index (χ1n) is 5.04. The second-order valence-corrected chi connectivity index (χ2v) is 3.84. The molecule has 0 aromatic carbocycles. The molecule has 1 aliphatic carbocycles. The van der Waals surface area contributed by atoms with E-state index in [2.05, 4.69) is 11.6 Å². The summed E-state index contributed by atoms with van der Waals surface area (Å²) in [5, 5.41) is 0. The van der Waals surface area contributed by atoms with Crippen molar-refractivity contribution in [2.75, 3.05) is 6.54 Å². The fourth-order valence-electron chi connectivity index (χ4n) is 1.62. The van der Waals surface area contributed by atoms with Gasteiger partial charge in [0.2, 0.25) is 0 Å². The molecule has 1 atom stereocenters. The van der Waals surface area contributed by atoms with Crippen LogP contribution in [0.3, 0.4) is 0 Å². The highest BCUT2D eigenvalue weighted by molar-refractivity contribution is 6.49. The Morgan fingerprint density at radius 3 is 2.71 bits per heavy atom. The lowest BCUT2D eigenvalue weighted by molar-refractivity contribution is -0.115. The summed E-state index contributed by atoms with van der Waals surface area (Å²) in [5.74, 6) is -0.900. The lowest BCUT2D eigenvalue weighted by Gasteiger charge is -2.10. The van der Waals surface area contributed by atoms with Crippen LogP contribution in [0, 0.1) is 5.92 Å². The van der Waals surface area contributed by atoms with Crippen molar-refractivity contribution >= 4 is 11.5 Å². The van der Waals surface area contributed by atoms with Crippen LogP contribution in [0.25, 0.3) is 0 Å². The Hall–Kier alpha value is -1.59. The van der Waals surface area contributed by atoms with Gasteiger partial charge >= 0.3 is 6.18 Å². The van der Waals surface area contributed by atoms with Crippen molar-refractivity contribution in [3.8, 4) is 0 Å². The van der Waals surface area contributed by atoms with Gasteiger partial charge in [0.1, 0.15) is 11.4 Å². The summed E-state index contributed by atoms with van der Waals surface area (Å²) in [6, 6.07) is 0. The van der Waals surface area contributed by atoms with Gasteiger partial charge in [-0.15, -0.1) is 6.58 Å². The summed E-state index contributed by atoms with van der Waals surface area (Å²) >= 11 is 0. The third-order valence-corrected chi connectivity index (χ3v) is 2.49. The van der Waals surface area contributed by atoms with E-state index in [-0.39, 0.29) is 24.3 Å². The molecule has 0 aliphatic heterocycles. The molecule has 1 aliphatic rings. The molecule has 1 unspecified atom stereocenters. The number of rotatable bonds is 2. The molecule has 1 saturated carbocycles. The summed E-state index contributed by atoms with van der Waals surface area (Å²) in [5.41, 5.74) is 3.46. The van der Waals surface area contributed by atoms with Crippen LogP contribution in [-0.4, -0.2) is 24.2 Å². The Bertz CT molecular complexity index is 407. The molecule has 0 saturated heterocycles. The SMILES string of the molecule is C=CCN=C1C(=O)C(C)CC1=C(N)C(F)(F)F. The summed E-state index contributed by atoms with van der Waals surface area (Å²) < 4.78 is 37.4. The molecule has 2 N–H and O–H groups in total. The number of allylic oxidation sites excluding steroid dienone is 2. The maximum absolute atomic E-state index is 12.5. The maximum atomic E-state index is 12.5. The molecule has 17 heavy (non-hydrogen) atoms. The highest BCUT2D eigenvalue weighted by Gasteiger charge is 2.41. The number of carbonyl (C=O) groups excluding carboxylic acids is 1. The van der Waals surface area contributed by atoms with Gasteiger partial charge in [-0.2, -0.15) is 13.2 Å². The van der Waals surface area contributed by atoms with Crippen molar-refractivity contribution < 1.29 is 18.0 Å². The van der Waals surface area contributed by atoms with Gasteiger partial charge in [-0.25, -0.2) is 0 Å². The van der Waals surface area contributed by atoms with Crippen LogP contribution in [0.1, 0.15) is 13.3 Å². The van der Waals surface area contributed by atoms with E-state index in [1.54, 1.807) is 6.92 Å². The smallest absolute Gasteiger partial charge is 0.394 e. The fourth-order valence-corrected chi connectivity index (χ4v) is 1.62. The van der Waals surface area contributed by atoms with Crippen molar-refractivity contribution in [1.29, 1.82) is 0 Å². The Balaban J connectivity index is 3.23. The van der Waals surface area contributed by atoms with E-state index in [0.29, 0.717) is 0 Å². The normalized spacial score (nSPS) is 26.5. The van der Waals surface area contributed by atoms with Crippen LogP contribution in [0.15, 0.2) is 28.9 Å². The van der Waals surface area contributed by atoms with Gasteiger partial charge in [0.15, 0.2) is 5.78 Å². The highest BCUT2D eigenvalue weighted by atomic mass is 19.4. The minimum atomic E-state index is -4.63. The summed E-state index contributed by atoms with van der Waals surface area (Å²) in [6.07, 6.45) is -3.24. The van der Waals surface area contributed by atoms with Crippen LogP contribution in [-0.2, 0) is 4.79 Å². The van der Waals surface area contributed by atoms with E-state index in [0.717, 1.165) is 0 Å². The van der Waals surface area contributed by atoms with E-state index in [1.807, 2.05) is 0 Å². The summed E-state index contributed by atoms with van der Waals surface area (Å²) in [6.45, 7) is 5.05. The molecule has 94 valence electrons. The van der Waals surface area contributed by atoms with Crippen molar-refractivity contribution in [2.45, 2.75) is 19.5 Å². The van der Waals surface area contributed by atoms with Crippen LogP contribution in [0.2, 0.25) is 0 Å². The molecule has 0 radical (unpaired) electrons. The lowest BCUT2D eigenvalue weighted by Crippen LogP contribution is -2.24. The number of nitrogens with zero attached hydrogens (tertiary/aromatic N) is 1. The van der Waals surface area contributed by atoms with Gasteiger partial charge in [-0.3, -0.25) is 9.79 Å². The van der Waals surface area contributed by atoms with E-state index in [9.17, 15) is 18.0 Å².